The monoisotopic (exact) mass is 732 g/mol. The van der Waals surface area contributed by atoms with Crippen LogP contribution in [0.2, 0.25) is 5.02 Å². The van der Waals surface area contributed by atoms with Crippen LogP contribution in [0.25, 0.3) is 0 Å². The van der Waals surface area contributed by atoms with Crippen LogP contribution in [-0.4, -0.2) is 80.1 Å². The number of likely N-dealkylation sites (N-methyl/N-ethyl adjacent to an activating group) is 1. The summed E-state index contributed by atoms with van der Waals surface area (Å²) in [6, 6.07) is 10.5. The Bertz CT molecular complexity index is 1640. The molecule has 278 valence electrons. The van der Waals surface area contributed by atoms with Gasteiger partial charge in [0.15, 0.2) is 11.6 Å². The van der Waals surface area contributed by atoms with E-state index < -0.39 is 21.9 Å². The number of amides is 1. The quantitative estimate of drug-likeness (QED) is 0.240. The van der Waals surface area contributed by atoms with Gasteiger partial charge in [0.2, 0.25) is 15.9 Å². The molecule has 4 fully saturated rings. The fourth-order valence-electron chi connectivity index (χ4n) is 8.88. The van der Waals surface area contributed by atoms with Gasteiger partial charge in [-0.1, -0.05) is 77.4 Å². The number of hydrogen-bond acceptors (Lipinski definition) is 6. The van der Waals surface area contributed by atoms with Gasteiger partial charge in [-0.3, -0.25) is 9.69 Å². The van der Waals surface area contributed by atoms with Crippen LogP contribution in [0.4, 0.5) is 4.39 Å². The maximum absolute atomic E-state index is 15.6. The molecule has 11 heteroatoms. The maximum atomic E-state index is 15.6. The third kappa shape index (κ3) is 8.52. The Morgan fingerprint density at radius 3 is 2.46 bits per heavy atom. The second kappa shape index (κ2) is 15.0. The van der Waals surface area contributed by atoms with Gasteiger partial charge in [-0.25, -0.2) is 12.8 Å². The van der Waals surface area contributed by atoms with Crippen molar-refractivity contribution in [2.45, 2.75) is 105 Å². The molecule has 8 nitrogen and oxygen atoms in total. The minimum Gasteiger partial charge on any atom is -0.494 e. The number of rotatable bonds is 13. The first-order chi connectivity index (χ1) is 23.3. The first-order valence-corrected chi connectivity index (χ1v) is 20.1. The van der Waals surface area contributed by atoms with E-state index in [1.165, 1.54) is 17.8 Å². The minimum absolute atomic E-state index is 0.00323. The van der Waals surface area contributed by atoms with Gasteiger partial charge in [0.1, 0.15) is 6.04 Å². The lowest BCUT2D eigenvalue weighted by atomic mass is 9.45. The van der Waals surface area contributed by atoms with Gasteiger partial charge in [0.05, 0.1) is 12.9 Å². The van der Waals surface area contributed by atoms with Crippen molar-refractivity contribution in [2.75, 3.05) is 33.5 Å². The van der Waals surface area contributed by atoms with Gasteiger partial charge in [-0.05, 0) is 91.6 Å². The highest BCUT2D eigenvalue weighted by atomic mass is 35.5. The highest BCUT2D eigenvalue weighted by Crippen LogP contribution is 2.61. The molecule has 2 aromatic carbocycles. The van der Waals surface area contributed by atoms with E-state index in [-0.39, 0.29) is 54.4 Å². The van der Waals surface area contributed by atoms with E-state index in [0.717, 1.165) is 30.5 Å². The van der Waals surface area contributed by atoms with Crippen LogP contribution in [0, 0.1) is 34.4 Å². The van der Waals surface area contributed by atoms with Crippen molar-refractivity contribution in [2.24, 2.45) is 28.6 Å². The molecule has 2 bridgehead atoms. The zero-order valence-corrected chi connectivity index (χ0v) is 33.0. The fraction of sp³-hybridized carbons (Fsp3) is 0.667. The number of sulfonamides is 1. The molecule has 1 N–H and O–H groups in total. The molecule has 1 heterocycles. The van der Waals surface area contributed by atoms with Crippen LogP contribution < -0.4 is 10.1 Å². The molecule has 1 unspecified atom stereocenters. The second-order valence-corrected chi connectivity index (χ2v) is 19.6. The predicted molar refractivity (Wildman–Crippen MR) is 199 cm³/mol. The van der Waals surface area contributed by atoms with Crippen molar-refractivity contribution < 1.29 is 22.3 Å². The number of halogens is 2. The summed E-state index contributed by atoms with van der Waals surface area (Å²) in [5.74, 6) is 0.991. The summed E-state index contributed by atoms with van der Waals surface area (Å²) in [6.07, 6.45) is 3.30. The molecule has 3 aliphatic carbocycles. The number of carbonyl (C=O) groups excluding carboxylic acids is 1. The summed E-state index contributed by atoms with van der Waals surface area (Å²) in [6.45, 7) is 15.1. The Hall–Kier alpha value is -2.24. The van der Waals surface area contributed by atoms with Gasteiger partial charge >= 0.3 is 0 Å². The van der Waals surface area contributed by atoms with Crippen LogP contribution in [0.3, 0.4) is 0 Å². The smallest absolute Gasteiger partial charge is 0.238 e. The van der Waals surface area contributed by atoms with Crippen LogP contribution in [0.1, 0.15) is 83.9 Å². The van der Waals surface area contributed by atoms with E-state index in [2.05, 4.69) is 56.7 Å². The zero-order chi connectivity index (χ0) is 36.8. The van der Waals surface area contributed by atoms with Gasteiger partial charge in [-0.2, -0.15) is 4.31 Å². The first-order valence-electron chi connectivity index (χ1n) is 18.1. The minimum atomic E-state index is -3.61. The maximum Gasteiger partial charge on any atom is 0.238 e. The van der Waals surface area contributed by atoms with Crippen LogP contribution in [-0.2, 0) is 34.5 Å². The lowest BCUT2D eigenvalue weighted by molar-refractivity contribution is -0.136. The summed E-state index contributed by atoms with van der Waals surface area (Å²) < 4.78 is 49.1. The SMILES string of the molecule is COc1ccc(Cl)c(CN(Cc2cccc(CN3C(C(=O)N[C@@H]4C[C@@H]5C[C@H]([C@H]4C)C5(C)C)CCS3(=O)=O)c2)[C@H](CN(C)C)CC(C)(C)C)c1F. The third-order valence-corrected chi connectivity index (χ3v) is 13.9. The van der Waals surface area contributed by atoms with Crippen molar-refractivity contribution >= 4 is 27.5 Å². The van der Waals surface area contributed by atoms with Crippen LogP contribution >= 0.6 is 11.6 Å². The summed E-state index contributed by atoms with van der Waals surface area (Å²) >= 11 is 6.60. The van der Waals surface area contributed by atoms with Crippen molar-refractivity contribution in [1.82, 2.24) is 19.4 Å². The highest BCUT2D eigenvalue weighted by molar-refractivity contribution is 7.89. The number of carbonyl (C=O) groups is 1. The average Bonchev–Trinajstić information content (AvgIpc) is 3.31. The van der Waals surface area contributed by atoms with Gasteiger partial charge < -0.3 is 15.0 Å². The standard InChI is InChI=1S/C39H58ClFN4O4S/c1-25-31-18-28(39(31,5)6)19-33(25)42-37(46)34-15-16-50(47,48)45(34)22-27-12-10-11-26(17-27)21-44(29(23-43(7)8)20-38(2,3)4)24-30-32(40)13-14-35(49-9)36(30)41/h10-14,17,25,28-29,31,33-34H,15-16,18-24H2,1-9H3,(H,42,46)/t25-,28+,29+,31-,33-,34?/m1/s1. The van der Waals surface area contributed by atoms with Gasteiger partial charge in [0, 0.05) is 48.8 Å². The Balaban J connectivity index is 1.37. The van der Waals surface area contributed by atoms with Crippen molar-refractivity contribution in [3.63, 3.8) is 0 Å². The van der Waals surface area contributed by atoms with Crippen molar-refractivity contribution in [3.05, 3.63) is 63.9 Å². The molecule has 50 heavy (non-hydrogen) atoms. The largest absolute Gasteiger partial charge is 0.494 e. The summed E-state index contributed by atoms with van der Waals surface area (Å²) in [7, 11) is 1.91. The number of fused-ring (bicyclic) bond motifs is 2. The lowest BCUT2D eigenvalue weighted by Gasteiger charge is -2.62. The third-order valence-electron chi connectivity index (χ3n) is 11.7. The van der Waals surface area contributed by atoms with Crippen molar-refractivity contribution in [1.29, 1.82) is 0 Å². The molecule has 2 aromatic rings. The molecule has 1 amide bonds. The fourth-order valence-corrected chi connectivity index (χ4v) is 10.8. The van der Waals surface area contributed by atoms with E-state index >= 15 is 4.39 Å². The van der Waals surface area contributed by atoms with Gasteiger partial charge in [-0.15, -0.1) is 0 Å². The van der Waals surface area contributed by atoms with Crippen LogP contribution in [0.15, 0.2) is 36.4 Å². The summed E-state index contributed by atoms with van der Waals surface area (Å²) in [5, 5.41) is 3.62. The number of methoxy groups -OCH3 is 1. The number of ether oxygens (including phenoxy) is 1. The molecule has 6 rings (SSSR count). The molecule has 6 atom stereocenters. The first kappa shape index (κ1) is 39.0. The summed E-state index contributed by atoms with van der Waals surface area (Å²) in [4.78, 5) is 18.1. The van der Waals surface area contributed by atoms with E-state index in [4.69, 9.17) is 16.3 Å². The molecule has 0 aromatic heterocycles. The lowest BCUT2D eigenvalue weighted by Crippen LogP contribution is -2.61. The Labute approximate surface area is 305 Å². The topological polar surface area (TPSA) is 82.2 Å². The molecule has 3 saturated carbocycles. The molecular weight excluding hydrogens is 675 g/mol. The Kier molecular flexibility index (Phi) is 11.7. The molecule has 1 aliphatic heterocycles. The molecule has 0 radical (unpaired) electrons. The highest BCUT2D eigenvalue weighted by Gasteiger charge is 2.56. The number of hydrogen-bond donors (Lipinski definition) is 1. The van der Waals surface area contributed by atoms with Crippen LogP contribution in [0.5, 0.6) is 5.75 Å². The van der Waals surface area contributed by atoms with E-state index in [9.17, 15) is 13.2 Å². The predicted octanol–water partition coefficient (Wildman–Crippen LogP) is 6.95. The van der Waals surface area contributed by atoms with E-state index in [1.807, 2.05) is 38.4 Å². The number of nitrogens with zero attached hydrogens (tertiary/aromatic N) is 3. The zero-order valence-electron chi connectivity index (χ0n) is 31.4. The number of benzene rings is 2. The van der Waals surface area contributed by atoms with E-state index in [0.29, 0.717) is 40.3 Å². The van der Waals surface area contributed by atoms with Gasteiger partial charge in [0.25, 0.3) is 0 Å². The molecule has 1 saturated heterocycles. The Morgan fingerprint density at radius 2 is 1.84 bits per heavy atom. The molecule has 0 spiro atoms. The average molecular weight is 733 g/mol. The summed E-state index contributed by atoms with van der Waals surface area (Å²) in [5.41, 5.74) is 2.46. The molecule has 4 aliphatic rings. The Morgan fingerprint density at radius 1 is 1.14 bits per heavy atom. The van der Waals surface area contributed by atoms with E-state index in [1.54, 1.807) is 12.1 Å². The second-order valence-electron chi connectivity index (χ2n) is 17.2. The van der Waals surface area contributed by atoms with Crippen molar-refractivity contribution in [3.8, 4) is 5.75 Å². The number of nitrogens with one attached hydrogen (secondary N) is 1. The molecular formula is C39H58ClFN4O4S. The normalized spacial score (nSPS) is 26.5.